The third-order valence-corrected chi connectivity index (χ3v) is 6.87. The molecule has 11 heteroatoms. The summed E-state index contributed by atoms with van der Waals surface area (Å²) < 4.78 is 17.1. The first-order valence-corrected chi connectivity index (χ1v) is 12.1. The molecular weight excluding hydrogens is 452 g/mol. The van der Waals surface area contributed by atoms with E-state index in [2.05, 4.69) is 25.5 Å². The molecule has 35 heavy (non-hydrogen) atoms. The molecule has 3 aliphatic heterocycles. The summed E-state index contributed by atoms with van der Waals surface area (Å²) >= 11 is 0. The van der Waals surface area contributed by atoms with Crippen LogP contribution in [0, 0.1) is 6.92 Å². The van der Waals surface area contributed by atoms with Crippen LogP contribution >= 0.6 is 0 Å². The standard InChI is InChI=1S/C24H32N6O5/c1-15-14-17(2-3-18(15)30-8-6-24(7-9-30)34-12-13-35-24)26-21-19(20(25)31)22(32)29-23(28-21)27-16-4-10-33-11-5-16/h2-3,14,16H,4-13H2,1H3,(H2,25,31)(H3,26,27,28,29,32). The molecule has 0 bridgehead atoms. The molecule has 3 fully saturated rings. The van der Waals surface area contributed by atoms with Gasteiger partial charge in [-0.05, 0) is 43.5 Å². The van der Waals surface area contributed by atoms with Gasteiger partial charge in [-0.25, -0.2) is 0 Å². The average molecular weight is 485 g/mol. The van der Waals surface area contributed by atoms with E-state index in [1.54, 1.807) is 0 Å². The van der Waals surface area contributed by atoms with Crippen LogP contribution in [0.15, 0.2) is 23.0 Å². The summed E-state index contributed by atoms with van der Waals surface area (Å²) in [6, 6.07) is 6.05. The molecule has 5 N–H and O–H groups in total. The number of benzene rings is 1. The number of nitrogens with two attached hydrogens (primary N) is 1. The summed E-state index contributed by atoms with van der Waals surface area (Å²) in [6.45, 7) is 6.34. The minimum absolute atomic E-state index is 0.124. The molecule has 0 unspecified atom stereocenters. The normalized spacial score (nSPS) is 20.2. The molecule has 188 valence electrons. The van der Waals surface area contributed by atoms with Crippen molar-refractivity contribution in [3.8, 4) is 0 Å². The van der Waals surface area contributed by atoms with Crippen LogP contribution in [0.2, 0.25) is 0 Å². The Kier molecular flexibility index (Phi) is 6.63. The van der Waals surface area contributed by atoms with Crippen molar-refractivity contribution in [2.75, 3.05) is 55.1 Å². The number of nitrogens with one attached hydrogen (secondary N) is 3. The van der Waals surface area contributed by atoms with Crippen LogP contribution in [0.5, 0.6) is 0 Å². The fraction of sp³-hybridized carbons (Fsp3) is 0.542. The molecule has 4 heterocycles. The molecule has 2 aromatic rings. The first kappa shape index (κ1) is 23.6. The van der Waals surface area contributed by atoms with Crippen LogP contribution in [0.25, 0.3) is 0 Å². The smallest absolute Gasteiger partial charge is 0.267 e. The van der Waals surface area contributed by atoms with Crippen molar-refractivity contribution in [2.24, 2.45) is 5.73 Å². The maximum atomic E-state index is 12.6. The number of nitrogens with zero attached hydrogens (tertiary/aromatic N) is 2. The lowest BCUT2D eigenvalue weighted by atomic mass is 10.0. The van der Waals surface area contributed by atoms with E-state index in [0.29, 0.717) is 38.1 Å². The number of anilines is 4. The van der Waals surface area contributed by atoms with Gasteiger partial charge in [0.1, 0.15) is 5.56 Å². The van der Waals surface area contributed by atoms with Gasteiger partial charge in [-0.3, -0.25) is 14.6 Å². The fourth-order valence-electron chi connectivity index (χ4n) is 4.99. The molecule has 0 atom stereocenters. The number of hydrogen-bond donors (Lipinski definition) is 4. The molecule has 1 aromatic heterocycles. The summed E-state index contributed by atoms with van der Waals surface area (Å²) in [5, 5.41) is 6.36. The van der Waals surface area contributed by atoms with Crippen LogP contribution in [0.1, 0.15) is 41.6 Å². The number of hydrogen-bond acceptors (Lipinski definition) is 9. The zero-order chi connectivity index (χ0) is 24.4. The highest BCUT2D eigenvalue weighted by atomic mass is 16.7. The Hall–Kier alpha value is -3.15. The largest absolute Gasteiger partial charge is 0.381 e. The van der Waals surface area contributed by atoms with Gasteiger partial charge in [-0.2, -0.15) is 4.98 Å². The summed E-state index contributed by atoms with van der Waals surface area (Å²) in [4.78, 5) is 34.1. The number of H-pyrrole nitrogens is 1. The molecule has 0 radical (unpaired) electrons. The Balaban J connectivity index is 1.33. The average Bonchev–Trinajstić information content (AvgIpc) is 3.28. The third kappa shape index (κ3) is 5.12. The van der Waals surface area contributed by atoms with Gasteiger partial charge in [0.15, 0.2) is 11.6 Å². The molecule has 5 rings (SSSR count). The number of primary amides is 1. The lowest BCUT2D eigenvalue weighted by molar-refractivity contribution is -0.169. The summed E-state index contributed by atoms with van der Waals surface area (Å²) in [5.74, 6) is -0.843. The van der Waals surface area contributed by atoms with Gasteiger partial charge in [0.05, 0.1) is 13.2 Å². The van der Waals surface area contributed by atoms with Crippen molar-refractivity contribution in [3.05, 3.63) is 39.7 Å². The highest BCUT2D eigenvalue weighted by Crippen LogP contribution is 2.35. The second-order valence-electron chi connectivity index (χ2n) is 9.25. The van der Waals surface area contributed by atoms with Gasteiger partial charge in [0, 0.05) is 56.6 Å². The Morgan fingerprint density at radius 2 is 1.89 bits per heavy atom. The van der Waals surface area contributed by atoms with Gasteiger partial charge in [0.2, 0.25) is 5.95 Å². The molecule has 11 nitrogen and oxygen atoms in total. The minimum Gasteiger partial charge on any atom is -0.381 e. The van der Waals surface area contributed by atoms with Crippen LogP contribution in [0.4, 0.5) is 23.1 Å². The lowest BCUT2D eigenvalue weighted by Gasteiger charge is -2.39. The first-order valence-electron chi connectivity index (χ1n) is 12.1. The summed E-state index contributed by atoms with van der Waals surface area (Å²) in [6.07, 6.45) is 3.27. The number of carbonyl (C=O) groups excluding carboxylic acids is 1. The van der Waals surface area contributed by atoms with Crippen molar-refractivity contribution in [3.63, 3.8) is 0 Å². The van der Waals surface area contributed by atoms with Gasteiger partial charge in [-0.15, -0.1) is 0 Å². The van der Waals surface area contributed by atoms with E-state index in [1.165, 1.54) is 0 Å². The summed E-state index contributed by atoms with van der Waals surface area (Å²) in [7, 11) is 0. The summed E-state index contributed by atoms with van der Waals surface area (Å²) in [5.41, 5.74) is 7.60. The topological polar surface area (TPSA) is 144 Å². The van der Waals surface area contributed by atoms with E-state index in [1.807, 2.05) is 25.1 Å². The van der Waals surface area contributed by atoms with Crippen molar-refractivity contribution >= 4 is 29.0 Å². The van der Waals surface area contributed by atoms with Crippen molar-refractivity contribution in [1.82, 2.24) is 9.97 Å². The maximum absolute atomic E-state index is 12.6. The molecular formula is C24H32N6O5. The predicted octanol–water partition coefficient (Wildman–Crippen LogP) is 1.86. The number of carbonyl (C=O) groups is 1. The van der Waals surface area contributed by atoms with Gasteiger partial charge in [-0.1, -0.05) is 0 Å². The van der Waals surface area contributed by atoms with Crippen molar-refractivity contribution < 1.29 is 19.0 Å². The van der Waals surface area contributed by atoms with Crippen LogP contribution < -0.4 is 26.8 Å². The second kappa shape index (κ2) is 9.84. The highest BCUT2D eigenvalue weighted by Gasteiger charge is 2.40. The Bertz CT molecular complexity index is 1130. The van der Waals surface area contributed by atoms with Gasteiger partial charge >= 0.3 is 0 Å². The number of aryl methyl sites for hydroxylation is 1. The molecule has 3 aliphatic rings. The molecule has 0 saturated carbocycles. The monoisotopic (exact) mass is 484 g/mol. The quantitative estimate of drug-likeness (QED) is 0.483. The van der Waals surface area contributed by atoms with E-state index in [9.17, 15) is 9.59 Å². The number of aromatic amines is 1. The zero-order valence-corrected chi connectivity index (χ0v) is 19.9. The number of rotatable bonds is 6. The molecule has 1 spiro atoms. The van der Waals surface area contributed by atoms with Crippen LogP contribution in [-0.2, 0) is 14.2 Å². The Labute approximate surface area is 203 Å². The number of ether oxygens (including phenoxy) is 3. The highest BCUT2D eigenvalue weighted by molar-refractivity contribution is 5.98. The van der Waals surface area contributed by atoms with Gasteiger partial charge in [0.25, 0.3) is 11.5 Å². The van der Waals surface area contributed by atoms with E-state index in [-0.39, 0.29) is 17.4 Å². The molecule has 3 saturated heterocycles. The number of aromatic nitrogens is 2. The predicted molar refractivity (Wildman–Crippen MR) is 131 cm³/mol. The Morgan fingerprint density at radius 3 is 2.54 bits per heavy atom. The van der Waals surface area contributed by atoms with Crippen molar-refractivity contribution in [2.45, 2.75) is 44.4 Å². The van der Waals surface area contributed by atoms with Crippen LogP contribution in [0.3, 0.4) is 0 Å². The molecule has 1 aromatic carbocycles. The van der Waals surface area contributed by atoms with Crippen molar-refractivity contribution in [1.29, 1.82) is 0 Å². The van der Waals surface area contributed by atoms with Crippen LogP contribution in [-0.4, -0.2) is 67.2 Å². The minimum atomic E-state index is -0.842. The van der Waals surface area contributed by atoms with E-state index in [4.69, 9.17) is 19.9 Å². The van der Waals surface area contributed by atoms with E-state index >= 15 is 0 Å². The molecule has 0 aliphatic carbocycles. The lowest BCUT2D eigenvalue weighted by Crippen LogP contribution is -2.45. The second-order valence-corrected chi connectivity index (χ2v) is 9.25. The van der Waals surface area contributed by atoms with Gasteiger partial charge < -0.3 is 35.5 Å². The third-order valence-electron chi connectivity index (χ3n) is 6.87. The number of amides is 1. The number of piperidine rings is 1. The Morgan fingerprint density at radius 1 is 1.17 bits per heavy atom. The first-order chi connectivity index (χ1) is 16.9. The SMILES string of the molecule is Cc1cc(Nc2nc(NC3CCOCC3)[nH]c(=O)c2C(N)=O)ccc1N1CCC2(CC1)OCCO2. The van der Waals surface area contributed by atoms with E-state index in [0.717, 1.165) is 50.0 Å². The maximum Gasteiger partial charge on any atom is 0.267 e. The fourth-order valence-corrected chi connectivity index (χ4v) is 4.99. The molecule has 1 amide bonds. The zero-order valence-electron chi connectivity index (χ0n) is 19.9. The van der Waals surface area contributed by atoms with E-state index < -0.39 is 17.3 Å².